The van der Waals surface area contributed by atoms with Crippen LogP contribution in [0.15, 0.2) is 36.5 Å². The summed E-state index contributed by atoms with van der Waals surface area (Å²) in [6.45, 7) is 2.05. The summed E-state index contributed by atoms with van der Waals surface area (Å²) >= 11 is 1.44. The van der Waals surface area contributed by atoms with Gasteiger partial charge in [-0.05, 0) is 25.3 Å². The quantitative estimate of drug-likeness (QED) is 0.767. The number of urea groups is 1. The molecule has 0 aliphatic carbocycles. The van der Waals surface area contributed by atoms with Crippen molar-refractivity contribution < 1.29 is 9.90 Å². The number of aromatic nitrogens is 1. The van der Waals surface area contributed by atoms with Gasteiger partial charge in [0, 0.05) is 18.8 Å². The summed E-state index contributed by atoms with van der Waals surface area (Å²) in [4.78, 5) is 17.0. The second kappa shape index (κ2) is 7.75. The Bertz CT molecular complexity index is 571. The van der Waals surface area contributed by atoms with E-state index in [-0.39, 0.29) is 18.7 Å². The van der Waals surface area contributed by atoms with E-state index >= 15 is 0 Å². The lowest BCUT2D eigenvalue weighted by atomic mass is 10.2. The van der Waals surface area contributed by atoms with Crippen LogP contribution in [-0.2, 0) is 0 Å². The molecule has 1 aromatic carbocycles. The summed E-state index contributed by atoms with van der Waals surface area (Å²) < 4.78 is 0. The molecule has 0 unspecified atom stereocenters. The fourth-order valence-electron chi connectivity index (χ4n) is 1.89. The van der Waals surface area contributed by atoms with Crippen molar-refractivity contribution in [2.45, 2.75) is 25.8 Å². The van der Waals surface area contributed by atoms with Gasteiger partial charge in [-0.3, -0.25) is 5.32 Å². The van der Waals surface area contributed by atoms with Gasteiger partial charge in [-0.2, -0.15) is 0 Å². The summed E-state index contributed by atoms with van der Waals surface area (Å²) in [6, 6.07) is 9.67. The number of nitrogens with zero attached hydrogens (tertiary/aromatic N) is 1. The zero-order valence-corrected chi connectivity index (χ0v) is 12.7. The normalized spacial score (nSPS) is 11.9. The van der Waals surface area contributed by atoms with E-state index in [4.69, 9.17) is 5.11 Å². The maximum Gasteiger partial charge on any atom is 0.321 e. The molecule has 0 saturated carbocycles. The van der Waals surface area contributed by atoms with E-state index in [1.807, 2.05) is 37.3 Å². The molecule has 0 bridgehead atoms. The maximum absolute atomic E-state index is 11.8. The van der Waals surface area contributed by atoms with Crippen LogP contribution in [0, 0.1) is 0 Å². The van der Waals surface area contributed by atoms with Crippen molar-refractivity contribution in [3.05, 3.63) is 36.5 Å². The molecule has 2 rings (SSSR count). The van der Waals surface area contributed by atoms with Crippen molar-refractivity contribution in [2.24, 2.45) is 0 Å². The van der Waals surface area contributed by atoms with Gasteiger partial charge < -0.3 is 10.4 Å². The largest absolute Gasteiger partial charge is 0.396 e. The number of hydrogen-bond donors (Lipinski definition) is 3. The third-order valence-corrected chi connectivity index (χ3v) is 3.92. The zero-order valence-electron chi connectivity index (χ0n) is 11.9. The van der Waals surface area contributed by atoms with Gasteiger partial charge in [-0.15, -0.1) is 0 Å². The average molecular weight is 305 g/mol. The molecule has 3 N–H and O–H groups in total. The molecule has 21 heavy (non-hydrogen) atoms. The Labute approximate surface area is 128 Å². The maximum atomic E-state index is 11.8. The van der Waals surface area contributed by atoms with Crippen molar-refractivity contribution in [3.8, 4) is 10.4 Å². The number of amides is 2. The number of hydrogen-bond acceptors (Lipinski definition) is 4. The summed E-state index contributed by atoms with van der Waals surface area (Å²) in [7, 11) is 0. The molecule has 5 nitrogen and oxygen atoms in total. The summed E-state index contributed by atoms with van der Waals surface area (Å²) in [5.41, 5.74) is 1.08. The molecule has 1 atom stereocenters. The molecule has 0 aliphatic heterocycles. The first-order valence-electron chi connectivity index (χ1n) is 6.88. The van der Waals surface area contributed by atoms with E-state index in [0.717, 1.165) is 16.9 Å². The lowest BCUT2D eigenvalue weighted by Gasteiger charge is -2.12. The fourth-order valence-corrected chi connectivity index (χ4v) is 2.71. The first-order chi connectivity index (χ1) is 10.2. The van der Waals surface area contributed by atoms with Gasteiger partial charge in [0.25, 0.3) is 0 Å². The third-order valence-electron chi connectivity index (χ3n) is 2.96. The van der Waals surface area contributed by atoms with Gasteiger partial charge in [0.15, 0.2) is 5.13 Å². The number of thiazole rings is 1. The SMILES string of the molecule is C[C@@H](CCCO)NC(=O)Nc1ncc(-c2ccccc2)s1. The standard InChI is InChI=1S/C15H19N3O2S/c1-11(6-5-9-19)17-14(20)18-15-16-10-13(21-15)12-7-3-2-4-8-12/h2-4,7-8,10-11,19H,5-6,9H2,1H3,(H2,16,17,18,20)/t11-/m0/s1. The number of nitrogens with one attached hydrogen (secondary N) is 2. The van der Waals surface area contributed by atoms with Crippen LogP contribution < -0.4 is 10.6 Å². The Morgan fingerprint density at radius 1 is 1.38 bits per heavy atom. The molecule has 6 heteroatoms. The number of benzene rings is 1. The van der Waals surface area contributed by atoms with Crippen LogP contribution in [0.3, 0.4) is 0 Å². The molecule has 0 spiro atoms. The van der Waals surface area contributed by atoms with Crippen LogP contribution in [0.25, 0.3) is 10.4 Å². The van der Waals surface area contributed by atoms with Crippen LogP contribution >= 0.6 is 11.3 Å². The monoisotopic (exact) mass is 305 g/mol. The highest BCUT2D eigenvalue weighted by Crippen LogP contribution is 2.28. The summed E-state index contributed by atoms with van der Waals surface area (Å²) in [5, 5.41) is 14.9. The number of carbonyl (C=O) groups is 1. The van der Waals surface area contributed by atoms with E-state index in [1.165, 1.54) is 11.3 Å². The van der Waals surface area contributed by atoms with Crippen LogP contribution in [0.5, 0.6) is 0 Å². The molecular weight excluding hydrogens is 286 g/mol. The highest BCUT2D eigenvalue weighted by Gasteiger charge is 2.10. The highest BCUT2D eigenvalue weighted by molar-refractivity contribution is 7.19. The van der Waals surface area contributed by atoms with E-state index in [0.29, 0.717) is 11.6 Å². The summed E-state index contributed by atoms with van der Waals surface area (Å²) in [5.74, 6) is 0. The van der Waals surface area contributed by atoms with Crippen LogP contribution in [0.1, 0.15) is 19.8 Å². The van der Waals surface area contributed by atoms with Crippen molar-refractivity contribution in [1.82, 2.24) is 10.3 Å². The number of aliphatic hydroxyl groups is 1. The van der Waals surface area contributed by atoms with Gasteiger partial charge in [0.05, 0.1) is 4.88 Å². The Morgan fingerprint density at radius 2 is 2.14 bits per heavy atom. The van der Waals surface area contributed by atoms with E-state index in [1.54, 1.807) is 6.20 Å². The van der Waals surface area contributed by atoms with E-state index in [2.05, 4.69) is 15.6 Å². The molecule has 0 saturated heterocycles. The number of anilines is 1. The second-order valence-corrected chi connectivity index (χ2v) is 5.79. The lowest BCUT2D eigenvalue weighted by Crippen LogP contribution is -2.36. The molecule has 112 valence electrons. The number of rotatable bonds is 6. The van der Waals surface area contributed by atoms with Crippen LogP contribution in [-0.4, -0.2) is 28.8 Å². The van der Waals surface area contributed by atoms with Crippen LogP contribution in [0.2, 0.25) is 0 Å². The van der Waals surface area contributed by atoms with Crippen molar-refractivity contribution in [2.75, 3.05) is 11.9 Å². The molecular formula is C15H19N3O2S. The Hall–Kier alpha value is -1.92. The Morgan fingerprint density at radius 3 is 2.86 bits per heavy atom. The number of aliphatic hydroxyl groups excluding tert-OH is 1. The van der Waals surface area contributed by atoms with E-state index in [9.17, 15) is 4.79 Å². The lowest BCUT2D eigenvalue weighted by molar-refractivity contribution is 0.245. The third kappa shape index (κ3) is 4.84. The predicted molar refractivity (Wildman–Crippen MR) is 85.5 cm³/mol. The van der Waals surface area contributed by atoms with Crippen molar-refractivity contribution in [1.29, 1.82) is 0 Å². The Kier molecular flexibility index (Phi) is 5.71. The van der Waals surface area contributed by atoms with Gasteiger partial charge in [-0.25, -0.2) is 9.78 Å². The van der Waals surface area contributed by atoms with Gasteiger partial charge in [0.1, 0.15) is 0 Å². The smallest absolute Gasteiger partial charge is 0.321 e. The molecule has 2 aromatic rings. The van der Waals surface area contributed by atoms with Gasteiger partial charge >= 0.3 is 6.03 Å². The molecule has 0 aliphatic rings. The van der Waals surface area contributed by atoms with Crippen molar-refractivity contribution >= 4 is 22.5 Å². The minimum atomic E-state index is -0.269. The molecule has 0 fully saturated rings. The summed E-state index contributed by atoms with van der Waals surface area (Å²) in [6.07, 6.45) is 3.18. The minimum Gasteiger partial charge on any atom is -0.396 e. The zero-order chi connectivity index (χ0) is 15.1. The topological polar surface area (TPSA) is 74.2 Å². The molecule has 1 aromatic heterocycles. The predicted octanol–water partition coefficient (Wildman–Crippen LogP) is 3.09. The van der Waals surface area contributed by atoms with Crippen LogP contribution in [0.4, 0.5) is 9.93 Å². The minimum absolute atomic E-state index is 0.0192. The average Bonchev–Trinajstić information content (AvgIpc) is 2.94. The first kappa shape index (κ1) is 15.5. The van der Waals surface area contributed by atoms with Crippen molar-refractivity contribution in [3.63, 3.8) is 0 Å². The van der Waals surface area contributed by atoms with Gasteiger partial charge in [0.2, 0.25) is 0 Å². The molecule has 0 radical (unpaired) electrons. The first-order valence-corrected chi connectivity index (χ1v) is 7.70. The van der Waals surface area contributed by atoms with Gasteiger partial charge in [-0.1, -0.05) is 41.7 Å². The Balaban J connectivity index is 1.89. The number of carbonyl (C=O) groups excluding carboxylic acids is 1. The second-order valence-electron chi connectivity index (χ2n) is 4.76. The molecule has 1 heterocycles. The highest BCUT2D eigenvalue weighted by atomic mass is 32.1. The fraction of sp³-hybridized carbons (Fsp3) is 0.333. The molecule has 2 amide bonds. The van der Waals surface area contributed by atoms with E-state index < -0.39 is 0 Å².